The summed E-state index contributed by atoms with van der Waals surface area (Å²) in [4.78, 5) is 18.1. The van der Waals surface area contributed by atoms with Crippen LogP contribution in [-0.2, 0) is 4.79 Å². The number of rotatable bonds is 5. The van der Waals surface area contributed by atoms with Gasteiger partial charge >= 0.3 is 0 Å². The lowest BCUT2D eigenvalue weighted by Crippen LogP contribution is -2.31. The smallest absolute Gasteiger partial charge is 0.255 e. The third-order valence-corrected chi connectivity index (χ3v) is 5.66. The highest BCUT2D eigenvalue weighted by molar-refractivity contribution is 6.06. The van der Waals surface area contributed by atoms with E-state index in [1.165, 1.54) is 12.1 Å². The summed E-state index contributed by atoms with van der Waals surface area (Å²) in [6, 6.07) is 22.2. The molecule has 1 unspecified atom stereocenters. The van der Waals surface area contributed by atoms with Crippen LogP contribution in [0.15, 0.2) is 90.1 Å². The van der Waals surface area contributed by atoms with E-state index in [1.807, 2.05) is 61.5 Å². The fourth-order valence-corrected chi connectivity index (χ4v) is 3.98. The van der Waals surface area contributed by atoms with Gasteiger partial charge in [0, 0.05) is 16.9 Å². The fourth-order valence-electron chi connectivity index (χ4n) is 3.98. The standard InChI is InChI=1S/C26H22FN5O2/c1-16-22(25(33)29-20-6-4-3-5-7-20)23(17-10-14-21(34-2)15-11-17)32-26(28-16)30-24(31-32)18-8-12-19(27)13-9-18/h3-15,23H,1-2H3,(H,29,33)(H,28,30,31). The van der Waals surface area contributed by atoms with Crippen LogP contribution in [0.3, 0.4) is 0 Å². The van der Waals surface area contributed by atoms with Crippen LogP contribution in [0.2, 0.25) is 0 Å². The molecule has 1 aromatic heterocycles. The first-order valence-corrected chi connectivity index (χ1v) is 10.7. The second kappa shape index (κ2) is 8.82. The largest absolute Gasteiger partial charge is 0.497 e. The maximum absolute atomic E-state index is 13.5. The molecule has 2 N–H and O–H groups in total. The van der Waals surface area contributed by atoms with E-state index in [-0.39, 0.29) is 11.7 Å². The van der Waals surface area contributed by atoms with Gasteiger partial charge in [-0.15, -0.1) is 5.10 Å². The molecule has 1 amide bonds. The number of methoxy groups -OCH3 is 1. The van der Waals surface area contributed by atoms with E-state index < -0.39 is 6.04 Å². The average Bonchev–Trinajstić information content (AvgIpc) is 3.27. The Labute approximate surface area is 195 Å². The summed E-state index contributed by atoms with van der Waals surface area (Å²) >= 11 is 0. The topological polar surface area (TPSA) is 81.1 Å². The predicted octanol–water partition coefficient (Wildman–Crippen LogP) is 5.02. The first-order chi connectivity index (χ1) is 16.5. The Kier molecular flexibility index (Phi) is 5.55. The highest BCUT2D eigenvalue weighted by Crippen LogP contribution is 2.37. The number of carbonyl (C=O) groups excluding carboxylic acids is 1. The SMILES string of the molecule is COc1ccc(C2C(C(=O)Nc3ccccc3)=C(C)Nc3nc(-c4ccc(F)cc4)nn32)cc1. The summed E-state index contributed by atoms with van der Waals surface area (Å²) in [6.07, 6.45) is 0. The molecule has 0 fully saturated rings. The zero-order chi connectivity index (χ0) is 23.7. The van der Waals surface area contributed by atoms with E-state index in [0.29, 0.717) is 40.0 Å². The van der Waals surface area contributed by atoms with Crippen LogP contribution in [-0.4, -0.2) is 27.8 Å². The van der Waals surface area contributed by atoms with Crippen LogP contribution < -0.4 is 15.4 Å². The minimum Gasteiger partial charge on any atom is -0.497 e. The number of nitrogens with one attached hydrogen (secondary N) is 2. The first kappa shape index (κ1) is 21.4. The van der Waals surface area contributed by atoms with Gasteiger partial charge in [0.15, 0.2) is 5.82 Å². The molecule has 1 atom stereocenters. The first-order valence-electron chi connectivity index (χ1n) is 10.7. The average molecular weight is 455 g/mol. The molecule has 7 nitrogen and oxygen atoms in total. The highest BCUT2D eigenvalue weighted by atomic mass is 19.1. The molecule has 0 aliphatic carbocycles. The number of fused-ring (bicyclic) bond motifs is 1. The van der Waals surface area contributed by atoms with Crippen LogP contribution >= 0.6 is 0 Å². The van der Waals surface area contributed by atoms with Crippen LogP contribution in [0, 0.1) is 5.82 Å². The molecule has 2 heterocycles. The maximum Gasteiger partial charge on any atom is 0.255 e. The molecule has 0 radical (unpaired) electrons. The van der Waals surface area contributed by atoms with Crippen molar-refractivity contribution in [1.29, 1.82) is 0 Å². The minimum absolute atomic E-state index is 0.249. The molecule has 0 bridgehead atoms. The number of benzene rings is 3. The molecule has 170 valence electrons. The Morgan fingerprint density at radius 2 is 1.74 bits per heavy atom. The van der Waals surface area contributed by atoms with E-state index in [2.05, 4.69) is 15.6 Å². The lowest BCUT2D eigenvalue weighted by Gasteiger charge is -2.28. The van der Waals surface area contributed by atoms with Crippen LogP contribution in [0.5, 0.6) is 5.75 Å². The quantitative estimate of drug-likeness (QED) is 0.442. The molecule has 8 heteroatoms. The van der Waals surface area contributed by atoms with Gasteiger partial charge in [0.2, 0.25) is 5.95 Å². The normalized spacial score (nSPS) is 14.9. The van der Waals surface area contributed by atoms with Gasteiger partial charge in [-0.25, -0.2) is 9.07 Å². The van der Waals surface area contributed by atoms with Gasteiger partial charge in [-0.3, -0.25) is 4.79 Å². The number of amides is 1. The number of allylic oxidation sites excluding steroid dienone is 1. The van der Waals surface area contributed by atoms with Gasteiger partial charge < -0.3 is 15.4 Å². The summed E-state index contributed by atoms with van der Waals surface area (Å²) in [5.41, 5.74) is 3.39. The summed E-state index contributed by atoms with van der Waals surface area (Å²) in [5.74, 6) is 1.05. The number of halogens is 1. The molecule has 4 aromatic rings. The van der Waals surface area contributed by atoms with Crippen molar-refractivity contribution in [2.24, 2.45) is 0 Å². The van der Waals surface area contributed by atoms with Crippen molar-refractivity contribution in [3.63, 3.8) is 0 Å². The molecule has 3 aromatic carbocycles. The van der Waals surface area contributed by atoms with E-state index in [4.69, 9.17) is 9.84 Å². The maximum atomic E-state index is 13.5. The van der Waals surface area contributed by atoms with Crippen LogP contribution in [0.1, 0.15) is 18.5 Å². The highest BCUT2D eigenvalue weighted by Gasteiger charge is 2.34. The lowest BCUT2D eigenvalue weighted by molar-refractivity contribution is -0.113. The van der Waals surface area contributed by atoms with Crippen molar-refractivity contribution in [3.8, 4) is 17.1 Å². The number of carbonyl (C=O) groups is 1. The zero-order valence-electron chi connectivity index (χ0n) is 18.6. The van der Waals surface area contributed by atoms with E-state index in [1.54, 1.807) is 23.9 Å². The van der Waals surface area contributed by atoms with Crippen LogP contribution in [0.4, 0.5) is 16.0 Å². The van der Waals surface area contributed by atoms with Crippen molar-refractivity contribution >= 4 is 17.5 Å². The van der Waals surface area contributed by atoms with E-state index in [9.17, 15) is 9.18 Å². The van der Waals surface area contributed by atoms with Crippen molar-refractivity contribution in [2.75, 3.05) is 17.7 Å². The Morgan fingerprint density at radius 3 is 2.41 bits per heavy atom. The molecular weight excluding hydrogens is 433 g/mol. The lowest BCUT2D eigenvalue weighted by atomic mass is 9.95. The summed E-state index contributed by atoms with van der Waals surface area (Å²) < 4.78 is 20.4. The van der Waals surface area contributed by atoms with Gasteiger partial charge in [-0.2, -0.15) is 4.98 Å². The number of hydrogen-bond donors (Lipinski definition) is 2. The Balaban J connectivity index is 1.59. The molecular formula is C26H22FN5O2. The number of hydrogen-bond acceptors (Lipinski definition) is 5. The Hall–Kier alpha value is -4.46. The van der Waals surface area contributed by atoms with Crippen molar-refractivity contribution < 1.29 is 13.9 Å². The van der Waals surface area contributed by atoms with E-state index in [0.717, 1.165) is 5.56 Å². The van der Waals surface area contributed by atoms with Gasteiger partial charge in [-0.1, -0.05) is 30.3 Å². The summed E-state index contributed by atoms with van der Waals surface area (Å²) in [6.45, 7) is 1.84. The second-order valence-corrected chi connectivity index (χ2v) is 7.87. The molecule has 5 rings (SSSR count). The Morgan fingerprint density at radius 1 is 1.03 bits per heavy atom. The molecule has 0 spiro atoms. The Bertz CT molecular complexity index is 1360. The van der Waals surface area contributed by atoms with E-state index >= 15 is 0 Å². The second-order valence-electron chi connectivity index (χ2n) is 7.87. The zero-order valence-corrected chi connectivity index (χ0v) is 18.6. The molecule has 0 saturated carbocycles. The molecule has 1 aliphatic heterocycles. The minimum atomic E-state index is -0.535. The van der Waals surface area contributed by atoms with Gasteiger partial charge in [0.05, 0.1) is 12.7 Å². The molecule has 1 aliphatic rings. The number of anilines is 2. The fraction of sp³-hybridized carbons (Fsp3) is 0.115. The number of nitrogens with zero attached hydrogens (tertiary/aromatic N) is 3. The third-order valence-electron chi connectivity index (χ3n) is 5.66. The number of ether oxygens (including phenoxy) is 1. The molecule has 34 heavy (non-hydrogen) atoms. The third kappa shape index (κ3) is 4.01. The molecule has 0 saturated heterocycles. The van der Waals surface area contributed by atoms with Crippen molar-refractivity contribution in [3.05, 3.63) is 102 Å². The van der Waals surface area contributed by atoms with Gasteiger partial charge in [0.25, 0.3) is 5.91 Å². The summed E-state index contributed by atoms with van der Waals surface area (Å²) in [5, 5.41) is 10.9. The van der Waals surface area contributed by atoms with Crippen molar-refractivity contribution in [1.82, 2.24) is 14.8 Å². The van der Waals surface area contributed by atoms with Gasteiger partial charge in [-0.05, 0) is 61.0 Å². The van der Waals surface area contributed by atoms with Crippen LogP contribution in [0.25, 0.3) is 11.4 Å². The predicted molar refractivity (Wildman–Crippen MR) is 128 cm³/mol. The number of para-hydroxylation sites is 1. The summed E-state index contributed by atoms with van der Waals surface area (Å²) in [7, 11) is 1.60. The number of aromatic nitrogens is 3. The van der Waals surface area contributed by atoms with Gasteiger partial charge in [0.1, 0.15) is 17.6 Å². The monoisotopic (exact) mass is 455 g/mol. The van der Waals surface area contributed by atoms with Crippen molar-refractivity contribution in [2.45, 2.75) is 13.0 Å².